The molecule has 1 aromatic heterocycles. The molecule has 4 aromatic carbocycles. The summed E-state index contributed by atoms with van der Waals surface area (Å²) in [6.07, 6.45) is 0. The maximum Gasteiger partial charge on any atom is 0.260 e. The van der Waals surface area contributed by atoms with Crippen LogP contribution in [0.1, 0.15) is 10.4 Å². The summed E-state index contributed by atoms with van der Waals surface area (Å²) >= 11 is 0. The van der Waals surface area contributed by atoms with Gasteiger partial charge in [0.25, 0.3) is 5.91 Å². The normalized spacial score (nSPS) is 10.6. The Kier molecular flexibility index (Phi) is 5.91. The standard InChI is InChI=1S/C29H22N2O3/c1-33-28-26(24-14-8-9-15-25(24)31-27(28)20-10-4-2-5-11-20)29(32)30-21-16-18-23(19-17-21)34-22-12-6-3-7-13-22/h2-19H,1H3,(H,30,32). The van der Waals surface area contributed by atoms with E-state index in [9.17, 15) is 4.79 Å². The Labute approximate surface area is 197 Å². The molecule has 1 N–H and O–H groups in total. The number of pyridine rings is 1. The molecule has 166 valence electrons. The van der Waals surface area contributed by atoms with Crippen molar-refractivity contribution in [3.05, 3.63) is 115 Å². The van der Waals surface area contributed by atoms with Crippen molar-refractivity contribution in [1.29, 1.82) is 0 Å². The van der Waals surface area contributed by atoms with Crippen LogP contribution in [0.2, 0.25) is 0 Å². The van der Waals surface area contributed by atoms with Crippen molar-refractivity contribution < 1.29 is 14.3 Å². The first-order valence-corrected chi connectivity index (χ1v) is 10.9. The summed E-state index contributed by atoms with van der Waals surface area (Å²) in [4.78, 5) is 18.3. The molecule has 0 saturated heterocycles. The van der Waals surface area contributed by atoms with Crippen molar-refractivity contribution in [3.63, 3.8) is 0 Å². The number of carbonyl (C=O) groups is 1. The van der Waals surface area contributed by atoms with Crippen LogP contribution in [0.3, 0.4) is 0 Å². The van der Waals surface area contributed by atoms with Crippen LogP contribution < -0.4 is 14.8 Å². The molecule has 0 atom stereocenters. The molecule has 1 heterocycles. The van der Waals surface area contributed by atoms with Gasteiger partial charge in [-0.15, -0.1) is 0 Å². The van der Waals surface area contributed by atoms with Gasteiger partial charge in [0.1, 0.15) is 17.2 Å². The summed E-state index contributed by atoms with van der Waals surface area (Å²) in [5.74, 6) is 1.60. The van der Waals surface area contributed by atoms with Crippen molar-refractivity contribution >= 4 is 22.5 Å². The van der Waals surface area contributed by atoms with Crippen LogP contribution in [-0.4, -0.2) is 18.0 Å². The van der Waals surface area contributed by atoms with E-state index >= 15 is 0 Å². The van der Waals surface area contributed by atoms with E-state index in [0.717, 1.165) is 22.2 Å². The fourth-order valence-electron chi connectivity index (χ4n) is 3.83. The number of nitrogens with zero attached hydrogens (tertiary/aromatic N) is 1. The Morgan fingerprint density at radius 1 is 0.735 bits per heavy atom. The monoisotopic (exact) mass is 446 g/mol. The highest BCUT2D eigenvalue weighted by Crippen LogP contribution is 2.36. The average molecular weight is 447 g/mol. The van der Waals surface area contributed by atoms with Crippen molar-refractivity contribution in [2.24, 2.45) is 0 Å². The fourth-order valence-corrected chi connectivity index (χ4v) is 3.83. The van der Waals surface area contributed by atoms with Gasteiger partial charge in [0.05, 0.1) is 18.2 Å². The quantitative estimate of drug-likeness (QED) is 0.306. The number of fused-ring (bicyclic) bond motifs is 1. The number of benzene rings is 4. The molecule has 5 heteroatoms. The molecule has 0 fully saturated rings. The highest BCUT2D eigenvalue weighted by atomic mass is 16.5. The van der Waals surface area contributed by atoms with Crippen molar-refractivity contribution in [1.82, 2.24) is 4.98 Å². The zero-order valence-electron chi connectivity index (χ0n) is 18.6. The minimum absolute atomic E-state index is 0.274. The number of ether oxygens (including phenoxy) is 2. The number of para-hydroxylation sites is 2. The van der Waals surface area contributed by atoms with E-state index in [1.165, 1.54) is 0 Å². The third-order valence-corrected chi connectivity index (χ3v) is 5.42. The van der Waals surface area contributed by atoms with Gasteiger partial charge in [-0.3, -0.25) is 4.79 Å². The molecule has 1 amide bonds. The number of amides is 1. The topological polar surface area (TPSA) is 60.5 Å². The van der Waals surface area contributed by atoms with Gasteiger partial charge in [-0.2, -0.15) is 0 Å². The lowest BCUT2D eigenvalue weighted by Crippen LogP contribution is -2.15. The van der Waals surface area contributed by atoms with E-state index in [0.29, 0.717) is 28.4 Å². The minimum atomic E-state index is -0.274. The fraction of sp³-hybridized carbons (Fsp3) is 0.0345. The highest BCUT2D eigenvalue weighted by Gasteiger charge is 2.22. The van der Waals surface area contributed by atoms with Crippen LogP contribution >= 0.6 is 0 Å². The van der Waals surface area contributed by atoms with E-state index in [-0.39, 0.29) is 5.91 Å². The van der Waals surface area contributed by atoms with Gasteiger partial charge in [0.2, 0.25) is 0 Å². The number of carbonyl (C=O) groups excluding carboxylic acids is 1. The number of hydrogen-bond acceptors (Lipinski definition) is 4. The Morgan fingerprint density at radius 2 is 1.35 bits per heavy atom. The zero-order chi connectivity index (χ0) is 23.3. The van der Waals surface area contributed by atoms with Crippen LogP contribution in [0.5, 0.6) is 17.2 Å². The zero-order valence-corrected chi connectivity index (χ0v) is 18.6. The first-order chi connectivity index (χ1) is 16.7. The van der Waals surface area contributed by atoms with E-state index in [2.05, 4.69) is 5.32 Å². The third-order valence-electron chi connectivity index (χ3n) is 5.42. The molecule has 0 saturated carbocycles. The average Bonchev–Trinajstić information content (AvgIpc) is 2.89. The van der Waals surface area contributed by atoms with Gasteiger partial charge in [-0.1, -0.05) is 66.7 Å². The molecule has 0 aliphatic carbocycles. The van der Waals surface area contributed by atoms with Gasteiger partial charge in [0.15, 0.2) is 5.75 Å². The second kappa shape index (κ2) is 9.46. The lowest BCUT2D eigenvalue weighted by molar-refractivity contribution is 0.102. The molecule has 34 heavy (non-hydrogen) atoms. The first kappa shape index (κ1) is 21.2. The second-order valence-corrected chi connectivity index (χ2v) is 7.65. The van der Waals surface area contributed by atoms with Crippen LogP contribution in [0, 0.1) is 0 Å². The number of aromatic nitrogens is 1. The molecular formula is C29H22N2O3. The summed E-state index contributed by atoms with van der Waals surface area (Å²) in [5.41, 5.74) is 3.31. The van der Waals surface area contributed by atoms with Crippen LogP contribution in [0.15, 0.2) is 109 Å². The Morgan fingerprint density at radius 3 is 2.06 bits per heavy atom. The van der Waals surface area contributed by atoms with E-state index in [4.69, 9.17) is 14.5 Å². The highest BCUT2D eigenvalue weighted by molar-refractivity contribution is 6.15. The first-order valence-electron chi connectivity index (χ1n) is 10.9. The summed E-state index contributed by atoms with van der Waals surface area (Å²) in [5, 5.41) is 3.72. The Hall–Kier alpha value is -4.64. The number of rotatable bonds is 6. The molecule has 5 nitrogen and oxygen atoms in total. The molecule has 0 aliphatic rings. The summed E-state index contributed by atoms with van der Waals surface area (Å²) in [6.45, 7) is 0. The third kappa shape index (κ3) is 4.32. The number of hydrogen-bond donors (Lipinski definition) is 1. The van der Waals surface area contributed by atoms with Crippen molar-refractivity contribution in [2.45, 2.75) is 0 Å². The van der Waals surface area contributed by atoms with Crippen LogP contribution in [0.4, 0.5) is 5.69 Å². The van der Waals surface area contributed by atoms with Crippen molar-refractivity contribution in [2.75, 3.05) is 12.4 Å². The van der Waals surface area contributed by atoms with Crippen LogP contribution in [0.25, 0.3) is 22.2 Å². The van der Waals surface area contributed by atoms with Gasteiger partial charge in [-0.25, -0.2) is 4.98 Å². The predicted octanol–water partition coefficient (Wildman–Crippen LogP) is 6.96. The van der Waals surface area contributed by atoms with Crippen LogP contribution in [-0.2, 0) is 0 Å². The summed E-state index contributed by atoms with van der Waals surface area (Å²) in [7, 11) is 1.56. The molecule has 0 radical (unpaired) electrons. The summed E-state index contributed by atoms with van der Waals surface area (Å²) < 4.78 is 11.6. The lowest BCUT2D eigenvalue weighted by atomic mass is 10.0. The smallest absolute Gasteiger partial charge is 0.260 e. The largest absolute Gasteiger partial charge is 0.494 e. The molecule has 5 aromatic rings. The maximum atomic E-state index is 13.5. The molecular weight excluding hydrogens is 424 g/mol. The molecule has 0 spiro atoms. The Bertz CT molecular complexity index is 1430. The molecule has 0 bridgehead atoms. The van der Waals surface area contributed by atoms with Gasteiger partial charge in [-0.05, 0) is 42.5 Å². The molecule has 0 aliphatic heterocycles. The van der Waals surface area contributed by atoms with E-state index < -0.39 is 0 Å². The van der Waals surface area contributed by atoms with Gasteiger partial charge >= 0.3 is 0 Å². The Balaban J connectivity index is 1.49. The number of methoxy groups -OCH3 is 1. The molecule has 0 unspecified atom stereocenters. The maximum absolute atomic E-state index is 13.5. The van der Waals surface area contributed by atoms with Crippen molar-refractivity contribution in [3.8, 4) is 28.5 Å². The van der Waals surface area contributed by atoms with E-state index in [1.54, 1.807) is 7.11 Å². The second-order valence-electron chi connectivity index (χ2n) is 7.65. The summed E-state index contributed by atoms with van der Waals surface area (Å²) in [6, 6.07) is 34.1. The van der Waals surface area contributed by atoms with Gasteiger partial charge < -0.3 is 14.8 Å². The number of nitrogens with one attached hydrogen (secondary N) is 1. The number of anilines is 1. The predicted molar refractivity (Wildman–Crippen MR) is 135 cm³/mol. The van der Waals surface area contributed by atoms with Gasteiger partial charge in [0, 0.05) is 16.6 Å². The lowest BCUT2D eigenvalue weighted by Gasteiger charge is -2.16. The minimum Gasteiger partial charge on any atom is -0.494 e. The van der Waals surface area contributed by atoms with E-state index in [1.807, 2.05) is 109 Å². The SMILES string of the molecule is COc1c(-c2ccccc2)nc2ccccc2c1C(=O)Nc1ccc(Oc2ccccc2)cc1. The molecule has 5 rings (SSSR count).